The number of allylic oxidation sites excluding steroid dienone is 1. The third-order valence-electron chi connectivity index (χ3n) is 8.00. The third kappa shape index (κ3) is 6.20. The van der Waals surface area contributed by atoms with Crippen molar-refractivity contribution in [2.45, 2.75) is 32.5 Å². The standard InChI is InChI=1S/C31H31F4N5O2/c1-3-5-24-23(4-2)27(37-38-29(24)41)13-19-6-8-26(32)25(12-19)30(42)40-17-21-10-11-39(16-22(21)18-40)15-20-7-9-28(36-14-20)31(33,34)35/h3-9,12,14,21-22H,2,10-11,13,15-18H2,1H3,(H,38,41)/b5-3-. The second-order valence-corrected chi connectivity index (χ2v) is 10.8. The zero-order chi connectivity index (χ0) is 30.0. The fraction of sp³-hybridized carbons (Fsp3) is 0.355. The topological polar surface area (TPSA) is 82.2 Å². The predicted octanol–water partition coefficient (Wildman–Crippen LogP) is 5.18. The molecule has 0 saturated carbocycles. The summed E-state index contributed by atoms with van der Waals surface area (Å²) >= 11 is 0. The molecule has 2 fully saturated rings. The van der Waals surface area contributed by atoms with Crippen molar-refractivity contribution in [2.75, 3.05) is 26.2 Å². The SMILES string of the molecule is C=Cc1c(Cc2ccc(F)c(C(=O)N3CC4CCN(Cc5ccc(C(F)(F)F)nc5)CC4C3)c2)n[nH]c(=O)c1/C=C\C. The molecule has 1 N–H and O–H groups in total. The first kappa shape index (κ1) is 29.4. The number of rotatable bonds is 7. The highest BCUT2D eigenvalue weighted by atomic mass is 19.4. The molecule has 2 aromatic heterocycles. The Morgan fingerprint density at radius 1 is 1.12 bits per heavy atom. The maximum absolute atomic E-state index is 14.9. The molecular weight excluding hydrogens is 550 g/mol. The van der Waals surface area contributed by atoms with Gasteiger partial charge in [0, 0.05) is 49.9 Å². The smallest absolute Gasteiger partial charge is 0.338 e. The minimum Gasteiger partial charge on any atom is -0.338 e. The molecule has 2 aliphatic heterocycles. The van der Waals surface area contributed by atoms with Crippen LogP contribution >= 0.6 is 0 Å². The van der Waals surface area contributed by atoms with Crippen LogP contribution in [0.25, 0.3) is 12.2 Å². The van der Waals surface area contributed by atoms with Crippen molar-refractivity contribution < 1.29 is 22.4 Å². The molecule has 2 atom stereocenters. The van der Waals surface area contributed by atoms with Crippen molar-refractivity contribution in [1.29, 1.82) is 0 Å². The number of carbonyl (C=O) groups is 1. The largest absolute Gasteiger partial charge is 0.433 e. The van der Waals surface area contributed by atoms with Gasteiger partial charge < -0.3 is 4.90 Å². The molecule has 11 heteroatoms. The minimum atomic E-state index is -4.47. The molecule has 0 radical (unpaired) electrons. The van der Waals surface area contributed by atoms with Gasteiger partial charge in [0.05, 0.1) is 11.3 Å². The van der Waals surface area contributed by atoms with Crippen LogP contribution in [-0.4, -0.2) is 57.1 Å². The lowest BCUT2D eigenvalue weighted by molar-refractivity contribution is -0.141. The Bertz CT molecular complexity index is 1560. The number of piperidine rings is 1. The number of halogens is 4. The predicted molar refractivity (Wildman–Crippen MR) is 151 cm³/mol. The van der Waals surface area contributed by atoms with Gasteiger partial charge in [-0.05, 0) is 61.1 Å². The van der Waals surface area contributed by atoms with E-state index in [-0.39, 0.29) is 35.3 Å². The van der Waals surface area contributed by atoms with E-state index in [1.165, 1.54) is 18.3 Å². The van der Waals surface area contributed by atoms with Gasteiger partial charge in [-0.2, -0.15) is 18.3 Å². The molecule has 42 heavy (non-hydrogen) atoms. The summed E-state index contributed by atoms with van der Waals surface area (Å²) in [5.41, 5.74) is 1.65. The number of benzene rings is 1. The molecule has 2 unspecified atom stereocenters. The van der Waals surface area contributed by atoms with Crippen molar-refractivity contribution in [1.82, 2.24) is 25.0 Å². The van der Waals surface area contributed by atoms with E-state index in [2.05, 4.69) is 26.7 Å². The summed E-state index contributed by atoms with van der Waals surface area (Å²) in [4.78, 5) is 33.1. The van der Waals surface area contributed by atoms with Gasteiger partial charge in [0.25, 0.3) is 11.5 Å². The second kappa shape index (κ2) is 12.0. The van der Waals surface area contributed by atoms with E-state index in [9.17, 15) is 27.2 Å². The first-order valence-electron chi connectivity index (χ1n) is 13.8. The number of hydrogen-bond donors (Lipinski definition) is 1. The van der Waals surface area contributed by atoms with Crippen molar-refractivity contribution >= 4 is 18.1 Å². The molecule has 1 aromatic carbocycles. The van der Waals surface area contributed by atoms with Crippen LogP contribution < -0.4 is 5.56 Å². The molecular formula is C31H31F4N5O2. The number of hydrogen-bond acceptors (Lipinski definition) is 5. The number of amides is 1. The van der Waals surface area contributed by atoms with E-state index < -0.39 is 17.7 Å². The Kier molecular flexibility index (Phi) is 8.40. The fourth-order valence-electron chi connectivity index (χ4n) is 5.92. The second-order valence-electron chi connectivity index (χ2n) is 10.8. The van der Waals surface area contributed by atoms with Crippen LogP contribution in [0.1, 0.15) is 57.3 Å². The van der Waals surface area contributed by atoms with Crippen molar-refractivity contribution in [3.8, 4) is 0 Å². The van der Waals surface area contributed by atoms with Gasteiger partial charge in [0.15, 0.2) is 0 Å². The normalized spacial score (nSPS) is 19.3. The van der Waals surface area contributed by atoms with E-state index in [1.807, 2.05) is 0 Å². The molecule has 4 heterocycles. The number of likely N-dealkylation sites (tertiary alicyclic amines) is 2. The van der Waals surface area contributed by atoms with Gasteiger partial charge in [-0.1, -0.05) is 36.9 Å². The maximum Gasteiger partial charge on any atom is 0.433 e. The van der Waals surface area contributed by atoms with Crippen LogP contribution in [0.3, 0.4) is 0 Å². The lowest BCUT2D eigenvalue weighted by Crippen LogP contribution is -2.39. The summed E-state index contributed by atoms with van der Waals surface area (Å²) in [5.74, 6) is -0.534. The highest BCUT2D eigenvalue weighted by molar-refractivity contribution is 5.95. The monoisotopic (exact) mass is 581 g/mol. The average molecular weight is 582 g/mol. The van der Waals surface area contributed by atoms with Crippen LogP contribution in [0, 0.1) is 17.7 Å². The van der Waals surface area contributed by atoms with Crippen LogP contribution in [0.4, 0.5) is 17.6 Å². The molecule has 5 rings (SSSR count). The summed E-state index contributed by atoms with van der Waals surface area (Å²) < 4.78 is 53.4. The van der Waals surface area contributed by atoms with Crippen molar-refractivity contribution in [2.24, 2.45) is 11.8 Å². The third-order valence-corrected chi connectivity index (χ3v) is 8.00. The Morgan fingerprint density at radius 3 is 2.57 bits per heavy atom. The van der Waals surface area contributed by atoms with E-state index in [1.54, 1.807) is 42.2 Å². The first-order valence-corrected chi connectivity index (χ1v) is 13.8. The molecule has 7 nitrogen and oxygen atoms in total. The van der Waals surface area contributed by atoms with Gasteiger partial charge in [-0.15, -0.1) is 0 Å². The molecule has 3 aromatic rings. The fourth-order valence-corrected chi connectivity index (χ4v) is 5.92. The number of alkyl halides is 3. The number of fused-ring (bicyclic) bond motifs is 1. The average Bonchev–Trinajstić information content (AvgIpc) is 3.39. The summed E-state index contributed by atoms with van der Waals surface area (Å²) in [6.45, 7) is 8.52. The number of carbonyl (C=O) groups excluding carboxylic acids is 1. The number of nitrogens with one attached hydrogen (secondary N) is 1. The Hall–Kier alpha value is -4.12. The zero-order valence-electron chi connectivity index (χ0n) is 23.1. The highest BCUT2D eigenvalue weighted by Gasteiger charge is 2.39. The van der Waals surface area contributed by atoms with E-state index in [0.717, 1.165) is 19.0 Å². The summed E-state index contributed by atoms with van der Waals surface area (Å²) in [5, 5.41) is 6.66. The number of pyridine rings is 1. The lowest BCUT2D eigenvalue weighted by Gasteiger charge is -2.34. The van der Waals surface area contributed by atoms with Crippen molar-refractivity contribution in [3.05, 3.63) is 105 Å². The van der Waals surface area contributed by atoms with Gasteiger partial charge in [-0.3, -0.25) is 19.5 Å². The zero-order valence-corrected chi connectivity index (χ0v) is 23.1. The molecule has 1 amide bonds. The van der Waals surface area contributed by atoms with E-state index in [4.69, 9.17) is 0 Å². The van der Waals surface area contributed by atoms with E-state index >= 15 is 0 Å². The van der Waals surface area contributed by atoms with Crippen LogP contribution in [0.5, 0.6) is 0 Å². The molecule has 2 saturated heterocycles. The number of aromatic nitrogens is 3. The van der Waals surface area contributed by atoms with Gasteiger partial charge in [-0.25, -0.2) is 9.49 Å². The summed E-state index contributed by atoms with van der Waals surface area (Å²) in [6.07, 6.45) is 2.87. The minimum absolute atomic E-state index is 0.0166. The first-order chi connectivity index (χ1) is 20.1. The van der Waals surface area contributed by atoms with E-state index in [0.29, 0.717) is 54.1 Å². The summed E-state index contributed by atoms with van der Waals surface area (Å²) in [6, 6.07) is 6.85. The maximum atomic E-state index is 14.9. The number of nitrogens with zero attached hydrogens (tertiary/aromatic N) is 4. The molecule has 2 aliphatic rings. The van der Waals surface area contributed by atoms with Crippen LogP contribution in [0.15, 0.2) is 54.0 Å². The van der Waals surface area contributed by atoms with Crippen molar-refractivity contribution in [3.63, 3.8) is 0 Å². The van der Waals surface area contributed by atoms with Crippen LogP contribution in [0.2, 0.25) is 0 Å². The quantitative estimate of drug-likeness (QED) is 0.389. The van der Waals surface area contributed by atoms with Crippen LogP contribution in [-0.2, 0) is 19.1 Å². The number of H-pyrrole nitrogens is 1. The van der Waals surface area contributed by atoms with Gasteiger partial charge >= 0.3 is 6.18 Å². The summed E-state index contributed by atoms with van der Waals surface area (Å²) in [7, 11) is 0. The van der Waals surface area contributed by atoms with Gasteiger partial charge in [0.2, 0.25) is 0 Å². The Balaban J connectivity index is 1.26. The van der Waals surface area contributed by atoms with Gasteiger partial charge in [0.1, 0.15) is 11.5 Å². The lowest BCUT2D eigenvalue weighted by atomic mass is 9.88. The Morgan fingerprint density at radius 2 is 1.88 bits per heavy atom. The molecule has 0 spiro atoms. The Labute approximate surface area is 240 Å². The highest BCUT2D eigenvalue weighted by Crippen LogP contribution is 2.33. The molecule has 0 aliphatic carbocycles. The molecule has 220 valence electrons. The number of aromatic amines is 1. The molecule has 0 bridgehead atoms.